The molecule has 7 nitrogen and oxygen atoms in total. The quantitative estimate of drug-likeness (QED) is 0.369. The molecule has 0 saturated carbocycles. The number of hydrogen-bond acceptors (Lipinski definition) is 8. The van der Waals surface area contributed by atoms with Gasteiger partial charge in [0.25, 0.3) is 0 Å². The molecule has 0 aliphatic carbocycles. The molecule has 0 unspecified atom stereocenters. The van der Waals surface area contributed by atoms with E-state index < -0.39 is 0 Å². The van der Waals surface area contributed by atoms with Gasteiger partial charge in [-0.15, -0.1) is 6.58 Å². The van der Waals surface area contributed by atoms with Gasteiger partial charge in [-0.3, -0.25) is 0 Å². The molecule has 144 valence electrons. The predicted octanol–water partition coefficient (Wildman–Crippen LogP) is 3.93. The second-order valence-corrected chi connectivity index (χ2v) is 7.52. The zero-order chi connectivity index (χ0) is 19.3. The van der Waals surface area contributed by atoms with E-state index in [1.54, 1.807) is 6.20 Å². The summed E-state index contributed by atoms with van der Waals surface area (Å²) in [6.07, 6.45) is 3.59. The van der Waals surface area contributed by atoms with Gasteiger partial charge in [0.1, 0.15) is 5.82 Å². The molecule has 1 aliphatic heterocycles. The molecule has 0 amide bonds. The summed E-state index contributed by atoms with van der Waals surface area (Å²) < 4.78 is 5.41. The summed E-state index contributed by atoms with van der Waals surface area (Å²) >= 11 is 7.49. The van der Waals surface area contributed by atoms with Crippen LogP contribution in [-0.4, -0.2) is 52.0 Å². The number of rotatable bonds is 6. The Labute approximate surface area is 172 Å². The van der Waals surface area contributed by atoms with Crippen LogP contribution in [0.4, 0.5) is 17.5 Å². The Kier molecular flexibility index (Phi) is 5.90. The number of hydrogen-bond donors (Lipinski definition) is 1. The highest BCUT2D eigenvalue weighted by Gasteiger charge is 2.17. The number of nitrogens with zero attached hydrogens (tertiary/aromatic N) is 5. The standard InChI is InChI=1S/C19H19ClN6OS/c1-2-11-28-19-24-16(22-14-5-3-13(20)4-6-14)15-12-21-18(23-17(15)25-19)26-7-9-27-10-8-26/h2-6,12H,1,7-11H2,(H,21,22,23,24,25). The molecule has 2 aromatic heterocycles. The number of fused-ring (bicyclic) bond motifs is 1. The molecule has 1 fully saturated rings. The molecule has 1 aromatic carbocycles. The fourth-order valence-electron chi connectivity index (χ4n) is 2.77. The predicted molar refractivity (Wildman–Crippen MR) is 114 cm³/mol. The van der Waals surface area contributed by atoms with Gasteiger partial charge in [-0.05, 0) is 24.3 Å². The summed E-state index contributed by atoms with van der Waals surface area (Å²) in [6, 6.07) is 7.45. The largest absolute Gasteiger partial charge is 0.378 e. The monoisotopic (exact) mass is 414 g/mol. The summed E-state index contributed by atoms with van der Waals surface area (Å²) in [7, 11) is 0. The van der Waals surface area contributed by atoms with Crippen LogP contribution in [0.2, 0.25) is 5.02 Å². The molecular formula is C19H19ClN6OS. The highest BCUT2D eigenvalue weighted by molar-refractivity contribution is 7.99. The maximum Gasteiger partial charge on any atom is 0.227 e. The van der Waals surface area contributed by atoms with Crippen LogP contribution in [0.15, 0.2) is 48.3 Å². The molecule has 0 radical (unpaired) electrons. The maximum atomic E-state index is 5.98. The SMILES string of the molecule is C=CCSc1nc(Nc2ccc(Cl)cc2)c2cnc(N3CCOCC3)nc2n1. The van der Waals surface area contributed by atoms with Gasteiger partial charge in [0.15, 0.2) is 10.8 Å². The summed E-state index contributed by atoms with van der Waals surface area (Å²) in [6.45, 7) is 6.65. The zero-order valence-corrected chi connectivity index (χ0v) is 16.7. The number of anilines is 3. The molecule has 1 saturated heterocycles. The number of morpholine rings is 1. The summed E-state index contributed by atoms with van der Waals surface area (Å²) in [5.74, 6) is 2.03. The van der Waals surface area contributed by atoms with Crippen molar-refractivity contribution >= 4 is 51.8 Å². The van der Waals surface area contributed by atoms with E-state index in [0.717, 1.165) is 24.2 Å². The van der Waals surface area contributed by atoms with Crippen molar-refractivity contribution in [3.8, 4) is 0 Å². The van der Waals surface area contributed by atoms with Gasteiger partial charge in [-0.1, -0.05) is 29.4 Å². The molecule has 9 heteroatoms. The lowest BCUT2D eigenvalue weighted by atomic mass is 10.3. The van der Waals surface area contributed by atoms with Crippen LogP contribution in [0, 0.1) is 0 Å². The summed E-state index contributed by atoms with van der Waals surface area (Å²) in [5.41, 5.74) is 1.48. The van der Waals surface area contributed by atoms with Crippen molar-refractivity contribution in [3.05, 3.63) is 48.1 Å². The van der Waals surface area contributed by atoms with Gasteiger partial charge >= 0.3 is 0 Å². The van der Waals surface area contributed by atoms with E-state index in [9.17, 15) is 0 Å². The maximum absolute atomic E-state index is 5.98. The van der Waals surface area contributed by atoms with Crippen molar-refractivity contribution in [2.45, 2.75) is 5.16 Å². The van der Waals surface area contributed by atoms with Crippen molar-refractivity contribution < 1.29 is 4.74 Å². The van der Waals surface area contributed by atoms with Gasteiger partial charge in [0, 0.05) is 35.7 Å². The van der Waals surface area contributed by atoms with Crippen molar-refractivity contribution in [2.75, 3.05) is 42.3 Å². The topological polar surface area (TPSA) is 76.1 Å². The highest BCUT2D eigenvalue weighted by atomic mass is 35.5. The minimum absolute atomic E-state index is 0.606. The Bertz CT molecular complexity index is 978. The van der Waals surface area contributed by atoms with Gasteiger partial charge in [0.05, 0.1) is 18.6 Å². The third-order valence-electron chi connectivity index (χ3n) is 4.15. The van der Waals surface area contributed by atoms with Crippen LogP contribution < -0.4 is 10.2 Å². The van der Waals surface area contributed by atoms with E-state index in [0.29, 0.717) is 46.6 Å². The van der Waals surface area contributed by atoms with Crippen LogP contribution in [0.1, 0.15) is 0 Å². The van der Waals surface area contributed by atoms with E-state index in [1.165, 1.54) is 11.8 Å². The molecule has 3 aromatic rings. The smallest absolute Gasteiger partial charge is 0.227 e. The Balaban J connectivity index is 1.72. The van der Waals surface area contributed by atoms with Gasteiger partial charge in [-0.25, -0.2) is 15.0 Å². The summed E-state index contributed by atoms with van der Waals surface area (Å²) in [4.78, 5) is 20.6. The Morgan fingerprint density at radius 2 is 1.96 bits per heavy atom. The van der Waals surface area contributed by atoms with Crippen molar-refractivity contribution in [2.24, 2.45) is 0 Å². The fraction of sp³-hybridized carbons (Fsp3) is 0.263. The molecule has 4 rings (SSSR count). The number of thioether (sulfide) groups is 1. The Morgan fingerprint density at radius 3 is 2.71 bits per heavy atom. The second kappa shape index (κ2) is 8.72. The van der Waals surface area contributed by atoms with Gasteiger partial charge < -0.3 is 15.0 Å². The lowest BCUT2D eigenvalue weighted by molar-refractivity contribution is 0.122. The molecule has 0 atom stereocenters. The lowest BCUT2D eigenvalue weighted by Crippen LogP contribution is -2.37. The average molecular weight is 415 g/mol. The first kappa shape index (κ1) is 18.9. The minimum Gasteiger partial charge on any atom is -0.378 e. The van der Waals surface area contributed by atoms with E-state index in [2.05, 4.69) is 31.7 Å². The third kappa shape index (κ3) is 4.35. The first-order valence-corrected chi connectivity index (χ1v) is 10.2. The first-order valence-electron chi connectivity index (χ1n) is 8.87. The number of nitrogens with one attached hydrogen (secondary N) is 1. The molecular weight excluding hydrogens is 396 g/mol. The average Bonchev–Trinajstić information content (AvgIpc) is 2.74. The van der Waals surface area contributed by atoms with Crippen LogP contribution in [0.25, 0.3) is 11.0 Å². The van der Waals surface area contributed by atoms with Crippen LogP contribution in [-0.2, 0) is 4.74 Å². The van der Waals surface area contributed by atoms with Crippen molar-refractivity contribution in [1.29, 1.82) is 0 Å². The first-order chi connectivity index (χ1) is 13.7. The summed E-state index contributed by atoms with van der Waals surface area (Å²) in [5, 5.41) is 5.40. The molecule has 0 spiro atoms. The number of benzene rings is 1. The van der Waals surface area contributed by atoms with E-state index in [-0.39, 0.29) is 0 Å². The zero-order valence-electron chi connectivity index (χ0n) is 15.1. The fourth-order valence-corrected chi connectivity index (χ4v) is 3.47. The van der Waals surface area contributed by atoms with Crippen LogP contribution >= 0.6 is 23.4 Å². The molecule has 1 aliphatic rings. The van der Waals surface area contributed by atoms with Gasteiger partial charge in [0.2, 0.25) is 5.95 Å². The number of ether oxygens (including phenoxy) is 1. The third-order valence-corrected chi connectivity index (χ3v) is 5.25. The number of aromatic nitrogens is 4. The highest BCUT2D eigenvalue weighted by Crippen LogP contribution is 2.27. The molecule has 3 heterocycles. The second-order valence-electron chi connectivity index (χ2n) is 6.09. The molecule has 0 bridgehead atoms. The van der Waals surface area contributed by atoms with Gasteiger partial charge in [-0.2, -0.15) is 4.98 Å². The normalized spacial score (nSPS) is 14.2. The van der Waals surface area contributed by atoms with Crippen molar-refractivity contribution in [1.82, 2.24) is 19.9 Å². The minimum atomic E-state index is 0.606. The lowest BCUT2D eigenvalue weighted by Gasteiger charge is -2.26. The van der Waals surface area contributed by atoms with Crippen molar-refractivity contribution in [3.63, 3.8) is 0 Å². The van der Waals surface area contributed by atoms with E-state index >= 15 is 0 Å². The molecule has 28 heavy (non-hydrogen) atoms. The van der Waals surface area contributed by atoms with Crippen LogP contribution in [0.3, 0.4) is 0 Å². The molecule has 1 N–H and O–H groups in total. The number of halogens is 1. The van der Waals surface area contributed by atoms with Crippen LogP contribution in [0.5, 0.6) is 0 Å². The van der Waals surface area contributed by atoms with E-state index in [1.807, 2.05) is 30.3 Å². The Hall–Kier alpha value is -2.42. The van der Waals surface area contributed by atoms with E-state index in [4.69, 9.17) is 21.3 Å². The Morgan fingerprint density at radius 1 is 1.18 bits per heavy atom.